The zero-order chi connectivity index (χ0) is 24.2. The van der Waals surface area contributed by atoms with E-state index in [2.05, 4.69) is 36.0 Å². The highest BCUT2D eigenvalue weighted by Crippen LogP contribution is 2.29. The minimum absolute atomic E-state index is 0.0993. The maximum absolute atomic E-state index is 12.7. The van der Waals surface area contributed by atoms with E-state index in [1.165, 1.54) is 6.07 Å². The molecule has 1 atom stereocenters. The summed E-state index contributed by atoms with van der Waals surface area (Å²) in [5, 5.41) is 12.7. The molecule has 0 fully saturated rings. The fourth-order valence-electron chi connectivity index (χ4n) is 3.41. The van der Waals surface area contributed by atoms with Gasteiger partial charge in [0.05, 0.1) is 11.2 Å². The van der Waals surface area contributed by atoms with E-state index in [0.717, 1.165) is 16.7 Å². The summed E-state index contributed by atoms with van der Waals surface area (Å²) >= 11 is 3.17. The van der Waals surface area contributed by atoms with Crippen LogP contribution in [-0.4, -0.2) is 48.7 Å². The molecule has 0 aliphatic carbocycles. The van der Waals surface area contributed by atoms with Crippen molar-refractivity contribution in [3.63, 3.8) is 0 Å². The number of aromatic nitrogens is 2. The summed E-state index contributed by atoms with van der Waals surface area (Å²) in [7, 11) is 3.79. The molecule has 1 unspecified atom stereocenters. The van der Waals surface area contributed by atoms with Crippen molar-refractivity contribution >= 4 is 38.4 Å². The van der Waals surface area contributed by atoms with Crippen LogP contribution in [0.3, 0.4) is 0 Å². The van der Waals surface area contributed by atoms with Gasteiger partial charge in [0.15, 0.2) is 5.82 Å². The van der Waals surface area contributed by atoms with Gasteiger partial charge in [-0.2, -0.15) is 0 Å². The van der Waals surface area contributed by atoms with E-state index in [1.54, 1.807) is 12.1 Å². The Bertz CT molecular complexity index is 1140. The van der Waals surface area contributed by atoms with Crippen LogP contribution in [0.25, 0.3) is 10.9 Å². The second-order valence-electron chi connectivity index (χ2n) is 7.87. The number of anilines is 1. The first kappa shape index (κ1) is 24.9. The molecule has 176 valence electrons. The zero-order valence-electron chi connectivity index (χ0n) is 18.5. The molecule has 0 spiro atoms. The van der Waals surface area contributed by atoms with Gasteiger partial charge < -0.3 is 20.4 Å². The number of hydrogen-bond donors (Lipinski definition) is 2. The fourth-order valence-corrected chi connectivity index (χ4v) is 3.75. The number of halogens is 4. The Morgan fingerprint density at radius 2 is 1.91 bits per heavy atom. The lowest BCUT2D eigenvalue weighted by Gasteiger charge is -2.18. The fraction of sp³-hybridized carbons (Fsp3) is 0.348. The number of ether oxygens (including phenoxy) is 1. The summed E-state index contributed by atoms with van der Waals surface area (Å²) < 4.78 is 42.7. The van der Waals surface area contributed by atoms with Crippen molar-refractivity contribution in [2.24, 2.45) is 0 Å². The first-order chi connectivity index (χ1) is 15.5. The number of rotatable bonds is 9. The van der Waals surface area contributed by atoms with Crippen LogP contribution < -0.4 is 15.0 Å². The SMILES string of the molecule is CC(CC(=N)c1nc(N(C)C)c2ccccc2n1)NCCc1ccc(Br)cc1OC(F)(F)F. The molecule has 2 aromatic carbocycles. The van der Waals surface area contributed by atoms with E-state index in [9.17, 15) is 13.2 Å². The lowest BCUT2D eigenvalue weighted by Crippen LogP contribution is -2.31. The topological polar surface area (TPSA) is 74.1 Å². The number of nitrogens with zero attached hydrogens (tertiary/aromatic N) is 3. The average Bonchev–Trinajstić information content (AvgIpc) is 2.73. The van der Waals surface area contributed by atoms with Gasteiger partial charge in [-0.3, -0.25) is 0 Å². The predicted octanol–water partition coefficient (Wildman–Crippen LogP) is 5.34. The first-order valence-electron chi connectivity index (χ1n) is 10.3. The third kappa shape index (κ3) is 6.88. The van der Waals surface area contributed by atoms with Gasteiger partial charge in [-0.05, 0) is 49.7 Å². The molecule has 0 saturated heterocycles. The summed E-state index contributed by atoms with van der Waals surface area (Å²) in [5.41, 5.74) is 1.50. The van der Waals surface area contributed by atoms with Gasteiger partial charge in [-0.25, -0.2) is 9.97 Å². The maximum atomic E-state index is 12.7. The van der Waals surface area contributed by atoms with E-state index in [4.69, 9.17) is 5.41 Å². The molecule has 3 rings (SSSR count). The minimum Gasteiger partial charge on any atom is -0.405 e. The van der Waals surface area contributed by atoms with Crippen molar-refractivity contribution in [2.75, 3.05) is 25.5 Å². The Morgan fingerprint density at radius 1 is 1.18 bits per heavy atom. The highest BCUT2D eigenvalue weighted by molar-refractivity contribution is 9.10. The molecule has 0 amide bonds. The highest BCUT2D eigenvalue weighted by Gasteiger charge is 2.32. The average molecular weight is 524 g/mol. The smallest absolute Gasteiger partial charge is 0.405 e. The number of nitrogens with one attached hydrogen (secondary N) is 2. The van der Waals surface area contributed by atoms with Gasteiger partial charge in [-0.1, -0.05) is 34.1 Å². The molecule has 0 aliphatic heterocycles. The molecule has 33 heavy (non-hydrogen) atoms. The van der Waals surface area contributed by atoms with Gasteiger partial charge in [0.1, 0.15) is 11.6 Å². The molecular formula is C23H25BrF3N5O. The van der Waals surface area contributed by atoms with E-state index >= 15 is 0 Å². The van der Waals surface area contributed by atoms with Gasteiger partial charge >= 0.3 is 6.36 Å². The van der Waals surface area contributed by atoms with Crippen LogP contribution >= 0.6 is 15.9 Å². The zero-order valence-corrected chi connectivity index (χ0v) is 20.1. The number of alkyl halides is 3. The van der Waals surface area contributed by atoms with Crippen molar-refractivity contribution in [2.45, 2.75) is 32.2 Å². The van der Waals surface area contributed by atoms with Crippen LogP contribution in [0.5, 0.6) is 5.75 Å². The number of benzene rings is 2. The van der Waals surface area contributed by atoms with Crippen LogP contribution in [0.2, 0.25) is 0 Å². The van der Waals surface area contributed by atoms with Crippen molar-refractivity contribution < 1.29 is 17.9 Å². The molecule has 10 heteroatoms. The first-order valence-corrected chi connectivity index (χ1v) is 11.1. The Balaban J connectivity index is 1.63. The van der Waals surface area contributed by atoms with Gasteiger partial charge in [-0.15, -0.1) is 13.2 Å². The molecule has 1 heterocycles. The summed E-state index contributed by atoms with van der Waals surface area (Å²) in [6.07, 6.45) is -4.04. The Morgan fingerprint density at radius 3 is 2.61 bits per heavy atom. The third-order valence-electron chi connectivity index (χ3n) is 4.93. The number of para-hydroxylation sites is 1. The van der Waals surface area contributed by atoms with Crippen molar-refractivity contribution in [1.29, 1.82) is 5.41 Å². The van der Waals surface area contributed by atoms with Crippen LogP contribution in [0.15, 0.2) is 46.9 Å². The monoisotopic (exact) mass is 523 g/mol. The van der Waals surface area contributed by atoms with Gasteiger partial charge in [0, 0.05) is 36.4 Å². The van der Waals surface area contributed by atoms with Gasteiger partial charge in [0.2, 0.25) is 0 Å². The van der Waals surface area contributed by atoms with Crippen LogP contribution in [0.1, 0.15) is 24.7 Å². The lowest BCUT2D eigenvalue weighted by atomic mass is 10.1. The summed E-state index contributed by atoms with van der Waals surface area (Å²) in [4.78, 5) is 11.0. The number of fused-ring (bicyclic) bond motifs is 1. The molecule has 6 nitrogen and oxygen atoms in total. The van der Waals surface area contributed by atoms with Crippen LogP contribution in [0, 0.1) is 5.41 Å². The Hall–Kier alpha value is -2.72. The molecule has 0 bridgehead atoms. The molecule has 0 saturated carbocycles. The van der Waals surface area contributed by atoms with Crippen molar-refractivity contribution in [1.82, 2.24) is 15.3 Å². The van der Waals surface area contributed by atoms with Gasteiger partial charge in [0.25, 0.3) is 0 Å². The minimum atomic E-state index is -4.75. The highest BCUT2D eigenvalue weighted by atomic mass is 79.9. The van der Waals surface area contributed by atoms with E-state index in [0.29, 0.717) is 35.2 Å². The van der Waals surface area contributed by atoms with Crippen molar-refractivity contribution in [3.05, 3.63) is 58.3 Å². The Kier molecular flexibility index (Phi) is 7.91. The molecular weight excluding hydrogens is 499 g/mol. The quantitative estimate of drug-likeness (QED) is 0.370. The molecule has 2 N–H and O–H groups in total. The second-order valence-corrected chi connectivity index (χ2v) is 8.79. The molecule has 1 aromatic heterocycles. The predicted molar refractivity (Wildman–Crippen MR) is 127 cm³/mol. The Labute approximate surface area is 198 Å². The van der Waals surface area contributed by atoms with Crippen LogP contribution in [-0.2, 0) is 6.42 Å². The molecule has 0 aliphatic rings. The summed E-state index contributed by atoms with van der Waals surface area (Å²) in [6, 6.07) is 12.1. The second kappa shape index (κ2) is 10.5. The van der Waals surface area contributed by atoms with Crippen LogP contribution in [0.4, 0.5) is 19.0 Å². The maximum Gasteiger partial charge on any atom is 0.573 e. The molecule has 3 aromatic rings. The largest absolute Gasteiger partial charge is 0.573 e. The standard InChI is InChI=1S/C23H25BrF3N5O/c1-14(29-11-10-15-8-9-16(24)13-20(15)33-23(25,26)27)12-18(28)21-30-19-7-5-4-6-17(19)22(31-21)32(2)3/h4-9,13-14,28-29H,10-12H2,1-3H3. The normalized spacial score (nSPS) is 12.6. The lowest BCUT2D eigenvalue weighted by molar-refractivity contribution is -0.274. The summed E-state index contributed by atoms with van der Waals surface area (Å²) in [6.45, 7) is 2.34. The van der Waals surface area contributed by atoms with Crippen molar-refractivity contribution in [3.8, 4) is 5.75 Å². The third-order valence-corrected chi connectivity index (χ3v) is 5.42. The number of hydrogen-bond acceptors (Lipinski definition) is 6. The summed E-state index contributed by atoms with van der Waals surface area (Å²) in [5.74, 6) is 0.882. The van der Waals surface area contributed by atoms with E-state index in [1.807, 2.05) is 50.2 Å². The molecule has 0 radical (unpaired) electrons. The van der Waals surface area contributed by atoms with E-state index in [-0.39, 0.29) is 17.5 Å². The van der Waals surface area contributed by atoms with E-state index < -0.39 is 6.36 Å².